The molecule has 7 aromatic carbocycles. The van der Waals surface area contributed by atoms with Crippen molar-refractivity contribution in [1.82, 2.24) is 0 Å². The minimum absolute atomic E-state index is 0.000354. The molecule has 0 saturated heterocycles. The fourth-order valence-corrected chi connectivity index (χ4v) is 15.2. The lowest BCUT2D eigenvalue weighted by Gasteiger charge is -2.49. The van der Waals surface area contributed by atoms with E-state index in [9.17, 15) is 0 Å². The van der Waals surface area contributed by atoms with Crippen LogP contribution in [0.3, 0.4) is 0 Å². The third-order valence-corrected chi connectivity index (χ3v) is 20.5. The molecule has 14 rings (SSSR count). The van der Waals surface area contributed by atoms with Gasteiger partial charge in [0.05, 0.1) is 5.69 Å². The summed E-state index contributed by atoms with van der Waals surface area (Å²) in [6.07, 6.45) is 6.91. The van der Waals surface area contributed by atoms with E-state index in [1.165, 1.54) is 107 Å². The Hall–Kier alpha value is -6.20. The van der Waals surface area contributed by atoms with Crippen molar-refractivity contribution in [2.24, 2.45) is 0 Å². The molecule has 2 aliphatic heterocycles. The maximum absolute atomic E-state index is 7.41. The maximum atomic E-state index is 7.41. The van der Waals surface area contributed by atoms with Crippen LogP contribution in [0, 0.1) is 6.92 Å². The zero-order chi connectivity index (χ0) is 53.3. The summed E-state index contributed by atoms with van der Waals surface area (Å²) in [6.45, 7) is 38.6. The molecule has 0 saturated carbocycles. The van der Waals surface area contributed by atoms with E-state index in [1.54, 1.807) is 0 Å². The predicted octanol–water partition coefficient (Wildman–Crippen LogP) is 18.8. The van der Waals surface area contributed by atoms with Crippen LogP contribution in [-0.2, 0) is 37.9 Å². The largest absolute Gasteiger partial charge is 0.456 e. The second-order valence-corrected chi connectivity index (χ2v) is 29.4. The summed E-state index contributed by atoms with van der Waals surface area (Å²) in [6, 6.07) is 41.1. The third-order valence-electron chi connectivity index (χ3n) is 20.5. The van der Waals surface area contributed by atoms with E-state index in [0.29, 0.717) is 0 Å². The van der Waals surface area contributed by atoms with Gasteiger partial charge in [0.15, 0.2) is 5.58 Å². The topological polar surface area (TPSA) is 32.8 Å². The lowest BCUT2D eigenvalue weighted by molar-refractivity contribution is 0.331. The molecule has 386 valence electrons. The zero-order valence-electron chi connectivity index (χ0n) is 48.3. The number of para-hydroxylation sites is 1. The number of rotatable bonds is 2. The number of hydrogen-bond acceptors (Lipinski definition) is 4. The zero-order valence-corrected chi connectivity index (χ0v) is 48.3. The molecular formula is C71H77BN2O2. The normalized spacial score (nSPS) is 20.1. The first-order valence-corrected chi connectivity index (χ1v) is 28.7. The van der Waals surface area contributed by atoms with Crippen molar-refractivity contribution < 1.29 is 8.83 Å². The summed E-state index contributed by atoms with van der Waals surface area (Å²) in [7, 11) is 0. The lowest BCUT2D eigenvalue weighted by atomic mass is 9.42. The molecule has 3 aliphatic carbocycles. The summed E-state index contributed by atoms with van der Waals surface area (Å²) < 4.78 is 14.6. The van der Waals surface area contributed by atoms with Gasteiger partial charge in [-0.25, -0.2) is 0 Å². The van der Waals surface area contributed by atoms with Gasteiger partial charge in [-0.05, 0) is 199 Å². The first kappa shape index (κ1) is 48.2. The molecule has 0 bridgehead atoms. The number of aryl methyl sites for hydroxylation is 1. The van der Waals surface area contributed by atoms with Crippen molar-refractivity contribution in [3.8, 4) is 11.1 Å². The van der Waals surface area contributed by atoms with Crippen LogP contribution < -0.4 is 20.6 Å². The van der Waals surface area contributed by atoms with E-state index in [1.807, 2.05) is 0 Å². The van der Waals surface area contributed by atoms with Gasteiger partial charge in [-0.1, -0.05) is 146 Å². The summed E-state index contributed by atoms with van der Waals surface area (Å²) in [5.74, 6) is 0. The number of hydrogen-bond donors (Lipinski definition) is 0. The first-order valence-electron chi connectivity index (χ1n) is 28.7. The number of anilines is 5. The van der Waals surface area contributed by atoms with E-state index >= 15 is 0 Å². The van der Waals surface area contributed by atoms with Gasteiger partial charge in [0.25, 0.3) is 0 Å². The molecule has 0 amide bonds. The summed E-state index contributed by atoms with van der Waals surface area (Å²) in [5.41, 5.74) is 26.4. The van der Waals surface area contributed by atoms with Gasteiger partial charge in [0.2, 0.25) is 0 Å². The smallest absolute Gasteiger partial charge is 0.333 e. The number of nitrogens with zero attached hydrogens (tertiary/aromatic N) is 2. The van der Waals surface area contributed by atoms with Crippen LogP contribution in [0.1, 0.15) is 187 Å². The quantitative estimate of drug-likeness (QED) is 0.162. The van der Waals surface area contributed by atoms with Gasteiger partial charge >= 0.3 is 6.85 Å². The molecule has 9 aromatic rings. The first-order chi connectivity index (χ1) is 35.7. The van der Waals surface area contributed by atoms with Crippen LogP contribution in [0.5, 0.6) is 0 Å². The molecule has 2 aromatic heterocycles. The van der Waals surface area contributed by atoms with E-state index in [2.05, 4.69) is 224 Å². The highest BCUT2D eigenvalue weighted by atomic mass is 16.3. The fourth-order valence-electron chi connectivity index (χ4n) is 15.2. The molecule has 5 aliphatic rings. The maximum Gasteiger partial charge on any atom is 0.333 e. The molecule has 4 heterocycles. The number of fused-ring (bicyclic) bond motifs is 14. The molecule has 0 atom stereocenters. The average Bonchev–Trinajstić information content (AvgIpc) is 4.04. The highest BCUT2D eigenvalue weighted by Crippen LogP contribution is 2.57. The summed E-state index contributed by atoms with van der Waals surface area (Å²) in [4.78, 5) is 5.40. The Labute approximate surface area is 452 Å². The molecular weight excluding hydrogens is 924 g/mol. The Balaban J connectivity index is 1.16. The highest BCUT2D eigenvalue weighted by molar-refractivity contribution is 6.94. The van der Waals surface area contributed by atoms with Crippen molar-refractivity contribution in [2.45, 2.75) is 187 Å². The monoisotopic (exact) mass is 1000 g/mol. The van der Waals surface area contributed by atoms with Gasteiger partial charge in [-0.2, -0.15) is 0 Å². The average molecular weight is 1000 g/mol. The second kappa shape index (κ2) is 15.1. The third kappa shape index (κ3) is 6.62. The van der Waals surface area contributed by atoms with E-state index in [4.69, 9.17) is 8.83 Å². The Morgan fingerprint density at radius 2 is 0.947 bits per heavy atom. The Kier molecular flexibility index (Phi) is 9.57. The lowest BCUT2D eigenvalue weighted by Crippen LogP contribution is -2.62. The van der Waals surface area contributed by atoms with E-state index in [-0.39, 0.29) is 44.8 Å². The molecule has 76 heavy (non-hydrogen) atoms. The fraction of sp³-hybridized carbons (Fsp3) is 0.408. The van der Waals surface area contributed by atoms with Crippen LogP contribution in [0.15, 0.2) is 112 Å². The van der Waals surface area contributed by atoms with E-state index < -0.39 is 0 Å². The van der Waals surface area contributed by atoms with Gasteiger partial charge in [-0.15, -0.1) is 0 Å². The summed E-state index contributed by atoms with van der Waals surface area (Å²) >= 11 is 0. The molecule has 0 radical (unpaired) electrons. The minimum Gasteiger partial charge on any atom is -0.456 e. The Morgan fingerprint density at radius 1 is 0.447 bits per heavy atom. The Morgan fingerprint density at radius 3 is 1.55 bits per heavy atom. The van der Waals surface area contributed by atoms with Crippen LogP contribution in [0.25, 0.3) is 55.0 Å². The molecule has 0 N–H and O–H groups in total. The predicted molar refractivity (Wildman–Crippen MR) is 324 cm³/mol. The molecule has 5 heteroatoms. The minimum atomic E-state index is -0.197. The van der Waals surface area contributed by atoms with E-state index in [0.717, 1.165) is 70.9 Å². The van der Waals surface area contributed by atoms with Crippen LogP contribution in [0.4, 0.5) is 28.4 Å². The van der Waals surface area contributed by atoms with Crippen LogP contribution >= 0.6 is 0 Å². The SMILES string of the molecule is Cc1cc2c(cc1N1c3cc4c(cc3B3c5c(cc6c(oc7ccccc76)c51)-c1cc5c(cc1N3c1ccc(C(C)(C)C)cc1)oc1cc3c(cc15)C(C)(C)CCC3(C)C)C(C)(C)CCC4(C)C)C(C)(C)CCC2(C)C. The van der Waals surface area contributed by atoms with Gasteiger partial charge < -0.3 is 18.5 Å². The summed E-state index contributed by atoms with van der Waals surface area (Å²) in [5, 5.41) is 4.67. The number of furan rings is 2. The van der Waals surface area contributed by atoms with Crippen LogP contribution in [-0.4, -0.2) is 6.85 Å². The molecule has 0 spiro atoms. The van der Waals surface area contributed by atoms with Gasteiger partial charge in [0, 0.05) is 55.9 Å². The Bertz CT molecular complexity index is 4010. The van der Waals surface area contributed by atoms with Crippen molar-refractivity contribution in [1.29, 1.82) is 0 Å². The van der Waals surface area contributed by atoms with Crippen LogP contribution in [0.2, 0.25) is 0 Å². The van der Waals surface area contributed by atoms with Gasteiger partial charge in [0.1, 0.15) is 16.7 Å². The number of benzene rings is 7. The van der Waals surface area contributed by atoms with Crippen molar-refractivity contribution in [3.63, 3.8) is 0 Å². The van der Waals surface area contributed by atoms with Crippen molar-refractivity contribution in [2.75, 3.05) is 9.71 Å². The molecule has 0 fully saturated rings. The molecule has 0 unspecified atom stereocenters. The van der Waals surface area contributed by atoms with Crippen molar-refractivity contribution in [3.05, 3.63) is 148 Å². The second-order valence-electron chi connectivity index (χ2n) is 29.4. The van der Waals surface area contributed by atoms with Crippen molar-refractivity contribution >= 4 is 90.1 Å². The highest BCUT2D eigenvalue weighted by Gasteiger charge is 2.50. The van der Waals surface area contributed by atoms with Gasteiger partial charge in [-0.3, -0.25) is 0 Å². The molecule has 4 nitrogen and oxygen atoms in total. The standard InChI is InChI=1S/C71H77BN2O2/c1-40-31-49-52(69(11,12)28-25-66(49,5)6)36-56(40)73-58-37-53-51(68(9,10)27-29-70(53,13)14)35-55(58)72-62-47(33-48-43-19-17-18-20-59(43)76-64(48)63(62)73)44-32-45-46-34-50-54(71(15,16)30-26-67(50,7)8)38-60(46)75-61(45)39-57(44)74(72)42-23-21-41(22-24-42)65(2,3)4/h17-24,31-39H,25-30H2,1-16H3.